The molecule has 2 rings (SSSR count). The van der Waals surface area contributed by atoms with Crippen molar-refractivity contribution in [1.29, 1.82) is 0 Å². The number of benzene rings is 1. The summed E-state index contributed by atoms with van der Waals surface area (Å²) in [6.45, 7) is 7.94. The molecule has 10 heteroatoms. The van der Waals surface area contributed by atoms with Crippen molar-refractivity contribution in [2.24, 2.45) is 0 Å². The van der Waals surface area contributed by atoms with E-state index < -0.39 is 28.7 Å². The molecule has 0 aromatic heterocycles. The lowest BCUT2D eigenvalue weighted by Gasteiger charge is -2.29. The Hall–Kier alpha value is -3.17. The molecule has 0 N–H and O–H groups in total. The second-order valence-electron chi connectivity index (χ2n) is 8.10. The Bertz CT molecular complexity index is 818. The summed E-state index contributed by atoms with van der Waals surface area (Å²) < 4.78 is 5.43. The molecule has 1 saturated heterocycles. The largest absolute Gasteiger partial charge is 0.444 e. The van der Waals surface area contributed by atoms with Crippen molar-refractivity contribution in [3.05, 3.63) is 34.4 Å². The van der Waals surface area contributed by atoms with Gasteiger partial charge in [0.05, 0.1) is 4.92 Å². The molecule has 164 valence electrons. The fourth-order valence-electron chi connectivity index (χ4n) is 3.17. The molecule has 0 bridgehead atoms. The number of rotatable bonds is 7. The lowest BCUT2D eigenvalue weighted by molar-refractivity contribution is -0.384. The van der Waals surface area contributed by atoms with Crippen molar-refractivity contribution in [2.45, 2.75) is 52.2 Å². The number of hydrogen-bond donors (Lipinski definition) is 0. The number of carbonyl (C=O) groups excluding carboxylic acids is 3. The average molecular weight is 420 g/mol. The van der Waals surface area contributed by atoms with Crippen LogP contribution in [0.15, 0.2) is 24.3 Å². The molecule has 10 nitrogen and oxygen atoms in total. The lowest BCUT2D eigenvalue weighted by atomic mass is 10.1. The molecule has 1 aliphatic rings. The Morgan fingerprint density at radius 3 is 2.30 bits per heavy atom. The molecule has 1 atom stereocenters. The summed E-state index contributed by atoms with van der Waals surface area (Å²) in [5, 5.41) is 10.9. The van der Waals surface area contributed by atoms with Crippen molar-refractivity contribution in [3.8, 4) is 0 Å². The van der Waals surface area contributed by atoms with Gasteiger partial charge in [0.2, 0.25) is 0 Å². The van der Waals surface area contributed by atoms with Gasteiger partial charge in [-0.3, -0.25) is 24.7 Å². The minimum Gasteiger partial charge on any atom is -0.444 e. The zero-order chi connectivity index (χ0) is 22.6. The van der Waals surface area contributed by atoms with E-state index >= 15 is 0 Å². The maximum atomic E-state index is 12.7. The molecule has 0 saturated carbocycles. The first-order valence-electron chi connectivity index (χ1n) is 9.79. The number of imide groups is 1. The van der Waals surface area contributed by atoms with Crippen LogP contribution < -0.4 is 4.90 Å². The van der Waals surface area contributed by atoms with E-state index in [-0.39, 0.29) is 24.6 Å². The summed E-state index contributed by atoms with van der Waals surface area (Å²) in [6, 6.07) is 4.11. The zero-order valence-electron chi connectivity index (χ0n) is 18.0. The van der Waals surface area contributed by atoms with Gasteiger partial charge in [-0.15, -0.1) is 0 Å². The normalized spacial score (nSPS) is 16.8. The van der Waals surface area contributed by atoms with Crippen LogP contribution in [0.4, 0.5) is 21.0 Å². The van der Waals surface area contributed by atoms with Crippen molar-refractivity contribution in [1.82, 2.24) is 9.80 Å². The van der Waals surface area contributed by atoms with Gasteiger partial charge < -0.3 is 9.64 Å². The van der Waals surface area contributed by atoms with Gasteiger partial charge >= 0.3 is 12.1 Å². The first kappa shape index (κ1) is 23.1. The number of ether oxygens (including phenoxy) is 1. The molecule has 1 unspecified atom stereocenters. The van der Waals surface area contributed by atoms with Gasteiger partial charge in [-0.05, 0) is 45.7 Å². The molecule has 1 aliphatic heterocycles. The Kier molecular flexibility index (Phi) is 7.01. The first-order chi connectivity index (χ1) is 14.0. The predicted octanol–water partition coefficient (Wildman–Crippen LogP) is 3.40. The second kappa shape index (κ2) is 9.10. The molecule has 0 spiro atoms. The SMILES string of the molecule is CCCN(CCC1C(=O)N(C)C(=O)N1c1ccc([N+](=O)[O-])cc1)C(=O)OC(C)(C)C. The third-order valence-corrected chi connectivity index (χ3v) is 4.58. The van der Waals surface area contributed by atoms with Crippen LogP contribution in [0.5, 0.6) is 0 Å². The van der Waals surface area contributed by atoms with Crippen LogP contribution in [0.2, 0.25) is 0 Å². The smallest absolute Gasteiger partial charge is 0.410 e. The van der Waals surface area contributed by atoms with E-state index in [1.807, 2.05) is 6.92 Å². The van der Waals surface area contributed by atoms with Crippen LogP contribution in [0.25, 0.3) is 0 Å². The summed E-state index contributed by atoms with van der Waals surface area (Å²) in [4.78, 5) is 52.0. The van der Waals surface area contributed by atoms with Crippen LogP contribution in [0, 0.1) is 10.1 Å². The number of urea groups is 1. The molecule has 1 heterocycles. The molecule has 1 aromatic rings. The summed E-state index contributed by atoms with van der Waals surface area (Å²) in [5.74, 6) is -0.390. The quantitative estimate of drug-likeness (QED) is 0.379. The van der Waals surface area contributed by atoms with Gasteiger partial charge in [-0.1, -0.05) is 6.92 Å². The summed E-state index contributed by atoms with van der Waals surface area (Å²) in [7, 11) is 1.39. The van der Waals surface area contributed by atoms with Crippen LogP contribution in [-0.4, -0.2) is 64.5 Å². The monoisotopic (exact) mass is 420 g/mol. The standard InChI is InChI=1S/C20H28N4O6/c1-6-12-22(19(27)30-20(2,3)4)13-11-16-17(25)21(5)18(26)23(16)14-7-9-15(10-8-14)24(28)29/h7-10,16H,6,11-13H2,1-5H3. The molecule has 0 aliphatic carbocycles. The summed E-state index contributed by atoms with van der Waals surface area (Å²) in [6.07, 6.45) is 0.449. The topological polar surface area (TPSA) is 113 Å². The highest BCUT2D eigenvalue weighted by Crippen LogP contribution is 2.28. The van der Waals surface area contributed by atoms with E-state index in [1.165, 1.54) is 41.1 Å². The van der Waals surface area contributed by atoms with Gasteiger partial charge in [0.25, 0.3) is 11.6 Å². The number of likely N-dealkylation sites (N-methyl/N-ethyl adjacent to an activating group) is 1. The van der Waals surface area contributed by atoms with Gasteiger partial charge in [-0.2, -0.15) is 0 Å². The third-order valence-electron chi connectivity index (χ3n) is 4.58. The minimum absolute atomic E-state index is 0.110. The number of anilines is 1. The molecule has 0 radical (unpaired) electrons. The van der Waals surface area contributed by atoms with Crippen LogP contribution in [-0.2, 0) is 9.53 Å². The van der Waals surface area contributed by atoms with Crippen LogP contribution in [0.3, 0.4) is 0 Å². The maximum Gasteiger partial charge on any atom is 0.410 e. The fraction of sp³-hybridized carbons (Fsp3) is 0.550. The second-order valence-corrected chi connectivity index (χ2v) is 8.10. The van der Waals surface area contributed by atoms with Crippen molar-refractivity contribution in [3.63, 3.8) is 0 Å². The molecule has 4 amide bonds. The minimum atomic E-state index is -0.814. The molecular weight excluding hydrogens is 392 g/mol. The van der Waals surface area contributed by atoms with Crippen molar-refractivity contribution < 1.29 is 24.0 Å². The van der Waals surface area contributed by atoms with Gasteiger partial charge in [0.1, 0.15) is 11.6 Å². The van der Waals surface area contributed by atoms with E-state index in [4.69, 9.17) is 4.74 Å². The number of carbonyl (C=O) groups is 3. The molecule has 30 heavy (non-hydrogen) atoms. The Morgan fingerprint density at radius 2 is 1.80 bits per heavy atom. The van der Waals surface area contributed by atoms with Crippen LogP contribution in [0.1, 0.15) is 40.5 Å². The van der Waals surface area contributed by atoms with E-state index in [2.05, 4.69) is 0 Å². The van der Waals surface area contributed by atoms with Gasteiger partial charge in [0.15, 0.2) is 0 Å². The van der Waals surface area contributed by atoms with Crippen molar-refractivity contribution >= 4 is 29.4 Å². The van der Waals surface area contributed by atoms with Gasteiger partial charge in [0, 0.05) is 38.0 Å². The highest BCUT2D eigenvalue weighted by atomic mass is 16.6. The van der Waals surface area contributed by atoms with Gasteiger partial charge in [-0.25, -0.2) is 9.59 Å². The highest BCUT2D eigenvalue weighted by Gasteiger charge is 2.44. The number of hydrogen-bond acceptors (Lipinski definition) is 6. The Balaban J connectivity index is 2.21. The van der Waals surface area contributed by atoms with E-state index in [0.717, 1.165) is 4.90 Å². The third kappa shape index (κ3) is 5.25. The number of nitro groups is 1. The fourth-order valence-corrected chi connectivity index (χ4v) is 3.17. The number of nitrogens with zero attached hydrogens (tertiary/aromatic N) is 4. The van der Waals surface area contributed by atoms with E-state index in [9.17, 15) is 24.5 Å². The number of non-ortho nitro benzene ring substituents is 1. The number of amides is 4. The maximum absolute atomic E-state index is 12.7. The molecule has 1 fully saturated rings. The van der Waals surface area contributed by atoms with E-state index in [0.29, 0.717) is 18.7 Å². The Morgan fingerprint density at radius 1 is 1.20 bits per heavy atom. The first-order valence-corrected chi connectivity index (χ1v) is 9.79. The number of nitro benzene ring substituents is 1. The summed E-state index contributed by atoms with van der Waals surface area (Å²) >= 11 is 0. The predicted molar refractivity (Wildman–Crippen MR) is 110 cm³/mol. The Labute approximate surface area is 175 Å². The summed E-state index contributed by atoms with van der Waals surface area (Å²) in [5.41, 5.74) is -0.374. The van der Waals surface area contributed by atoms with Crippen molar-refractivity contribution in [2.75, 3.05) is 25.0 Å². The molecular formula is C20H28N4O6. The van der Waals surface area contributed by atoms with Crippen LogP contribution >= 0.6 is 0 Å². The van der Waals surface area contributed by atoms with E-state index in [1.54, 1.807) is 20.8 Å². The highest BCUT2D eigenvalue weighted by molar-refractivity contribution is 6.14. The zero-order valence-corrected chi connectivity index (χ0v) is 18.0. The lowest BCUT2D eigenvalue weighted by Crippen LogP contribution is -2.42. The molecule has 1 aromatic carbocycles. The average Bonchev–Trinajstić information content (AvgIpc) is 2.87.